The number of phenolic OH excluding ortho intramolecular Hbond substituents is 3. The monoisotopic (exact) mass is 474 g/mol. The number of carbonyl (C=O) groups excluding carboxylic acids is 2. The Labute approximate surface area is 201 Å². The molecule has 4 rings (SSSR count). The summed E-state index contributed by atoms with van der Waals surface area (Å²) in [6.07, 6.45) is 0.533. The van der Waals surface area contributed by atoms with Crippen LogP contribution in [0.3, 0.4) is 0 Å². The Morgan fingerprint density at radius 2 is 1.63 bits per heavy atom. The zero-order valence-electron chi connectivity index (χ0n) is 19.2. The van der Waals surface area contributed by atoms with Crippen LogP contribution in [0.5, 0.6) is 17.2 Å². The van der Waals surface area contributed by atoms with Crippen LogP contribution in [0, 0.1) is 12.3 Å². The number of rotatable bonds is 8. The number of aryl methyl sites for hydroxylation is 2. The van der Waals surface area contributed by atoms with Crippen molar-refractivity contribution in [3.05, 3.63) is 83.0 Å². The normalized spacial score (nSPS) is 11.0. The van der Waals surface area contributed by atoms with E-state index < -0.39 is 0 Å². The van der Waals surface area contributed by atoms with E-state index in [0.717, 1.165) is 16.6 Å². The lowest BCUT2D eigenvalue weighted by Gasteiger charge is -2.08. The molecule has 3 aromatic carbocycles. The van der Waals surface area contributed by atoms with Crippen LogP contribution in [0.2, 0.25) is 0 Å². The van der Waals surface area contributed by atoms with Gasteiger partial charge < -0.3 is 29.8 Å². The van der Waals surface area contributed by atoms with Crippen molar-refractivity contribution in [2.75, 3.05) is 6.54 Å². The van der Waals surface area contributed by atoms with Gasteiger partial charge in [-0.1, -0.05) is 12.1 Å². The molecule has 9 nitrogen and oxygen atoms in total. The molecule has 0 aliphatic heterocycles. The van der Waals surface area contributed by atoms with Crippen LogP contribution in [0.25, 0.3) is 11.0 Å². The number of fused-ring (bicyclic) bond motifs is 1. The smallest absolute Gasteiger partial charge is 0.251 e. The van der Waals surface area contributed by atoms with Gasteiger partial charge in [0.2, 0.25) is 5.62 Å². The van der Waals surface area contributed by atoms with Crippen molar-refractivity contribution in [3.63, 3.8) is 0 Å². The number of Topliss-reactive ketones (excluding diaryl/α,β-unsaturated/α-hetero) is 1. The fraction of sp³-hybridized carbons (Fsp3) is 0.192. The maximum absolute atomic E-state index is 12.9. The number of aromatic hydroxyl groups is 3. The Morgan fingerprint density at radius 3 is 2.34 bits per heavy atom. The average Bonchev–Trinajstić information content (AvgIpc) is 3.10. The molecule has 180 valence electrons. The topological polar surface area (TPSA) is 141 Å². The van der Waals surface area contributed by atoms with E-state index in [1.165, 1.54) is 30.3 Å². The summed E-state index contributed by atoms with van der Waals surface area (Å²) in [5.74, 6) is -1.13. The summed E-state index contributed by atoms with van der Waals surface area (Å²) in [7, 11) is 0. The number of hydrogen-bond donors (Lipinski definition) is 5. The van der Waals surface area contributed by atoms with Crippen molar-refractivity contribution < 1.29 is 24.9 Å². The third-order valence-corrected chi connectivity index (χ3v) is 5.86. The summed E-state index contributed by atoms with van der Waals surface area (Å²) in [5.41, 5.74) is 3.45. The molecule has 35 heavy (non-hydrogen) atoms. The zero-order valence-corrected chi connectivity index (χ0v) is 19.2. The molecular formula is C26H26N4O5. The van der Waals surface area contributed by atoms with Crippen LogP contribution in [0.4, 0.5) is 0 Å². The van der Waals surface area contributed by atoms with Gasteiger partial charge >= 0.3 is 0 Å². The lowest BCUT2D eigenvalue weighted by molar-refractivity contribution is 0.0948. The first-order valence-corrected chi connectivity index (χ1v) is 11.1. The predicted octanol–water partition coefficient (Wildman–Crippen LogP) is 3.05. The van der Waals surface area contributed by atoms with Gasteiger partial charge in [0.25, 0.3) is 5.91 Å². The Kier molecular flexibility index (Phi) is 6.59. The van der Waals surface area contributed by atoms with Crippen LogP contribution in [-0.4, -0.2) is 42.7 Å². The minimum absolute atomic E-state index is 0.0162. The zero-order chi connectivity index (χ0) is 25.1. The predicted molar refractivity (Wildman–Crippen MR) is 130 cm³/mol. The highest BCUT2D eigenvalue weighted by Gasteiger charge is 2.16. The number of aromatic nitrogens is 2. The van der Waals surface area contributed by atoms with Crippen molar-refractivity contribution in [3.8, 4) is 17.2 Å². The van der Waals surface area contributed by atoms with E-state index in [4.69, 9.17) is 5.41 Å². The maximum atomic E-state index is 12.9. The highest BCUT2D eigenvalue weighted by molar-refractivity contribution is 5.97. The van der Waals surface area contributed by atoms with E-state index in [2.05, 4.69) is 5.32 Å². The summed E-state index contributed by atoms with van der Waals surface area (Å²) >= 11 is 0. The quantitative estimate of drug-likeness (QED) is 0.152. The van der Waals surface area contributed by atoms with Gasteiger partial charge in [0, 0.05) is 24.2 Å². The lowest BCUT2D eigenvalue weighted by atomic mass is 10.1. The van der Waals surface area contributed by atoms with Crippen molar-refractivity contribution in [2.45, 2.75) is 26.4 Å². The minimum atomic E-state index is -0.380. The van der Waals surface area contributed by atoms with Crippen LogP contribution < -0.4 is 10.9 Å². The van der Waals surface area contributed by atoms with Crippen molar-refractivity contribution in [1.82, 2.24) is 14.5 Å². The van der Waals surface area contributed by atoms with Gasteiger partial charge in [-0.15, -0.1) is 0 Å². The molecule has 0 unspecified atom stereocenters. The molecule has 0 atom stereocenters. The standard InChI is InChI=1S/C26H26N4O5/c1-16-4-2-5-20-24(16)29(13-3-12-28-25(35)18-8-11-21(32)22(33)14-18)26(27)30(20)15-23(34)17-6-9-19(31)10-7-17/h2,4-11,14,27,31-33H,3,12-13,15H2,1H3,(H,28,35). The largest absolute Gasteiger partial charge is 0.508 e. The molecule has 0 bridgehead atoms. The Balaban J connectivity index is 1.51. The van der Waals surface area contributed by atoms with E-state index >= 15 is 0 Å². The minimum Gasteiger partial charge on any atom is -0.508 e. The Hall–Kier alpha value is -4.53. The second kappa shape index (κ2) is 9.76. The number of nitrogens with zero attached hydrogens (tertiary/aromatic N) is 2. The van der Waals surface area contributed by atoms with Crippen LogP contribution in [-0.2, 0) is 13.1 Å². The van der Waals surface area contributed by atoms with Gasteiger partial charge in [-0.3, -0.25) is 15.0 Å². The highest BCUT2D eigenvalue weighted by atomic mass is 16.3. The Morgan fingerprint density at radius 1 is 0.914 bits per heavy atom. The van der Waals surface area contributed by atoms with Crippen LogP contribution in [0.1, 0.15) is 32.7 Å². The van der Waals surface area contributed by atoms with E-state index in [1.54, 1.807) is 16.7 Å². The number of para-hydroxylation sites is 1. The number of nitrogens with one attached hydrogen (secondary N) is 2. The van der Waals surface area contributed by atoms with E-state index in [1.807, 2.05) is 29.7 Å². The molecule has 0 aliphatic carbocycles. The molecule has 0 saturated carbocycles. The van der Waals surface area contributed by atoms with Crippen LogP contribution >= 0.6 is 0 Å². The summed E-state index contributed by atoms with van der Waals surface area (Å²) in [6, 6.07) is 15.6. The fourth-order valence-corrected chi connectivity index (χ4v) is 4.04. The highest BCUT2D eigenvalue weighted by Crippen LogP contribution is 2.24. The molecule has 0 fully saturated rings. The second-order valence-corrected chi connectivity index (χ2v) is 8.29. The first-order chi connectivity index (χ1) is 16.8. The Bertz CT molecular complexity index is 1470. The molecule has 4 aromatic rings. The van der Waals surface area contributed by atoms with Gasteiger partial charge in [-0.2, -0.15) is 0 Å². The molecule has 9 heteroatoms. The maximum Gasteiger partial charge on any atom is 0.251 e. The average molecular weight is 475 g/mol. The number of carbonyl (C=O) groups is 2. The molecule has 1 amide bonds. The van der Waals surface area contributed by atoms with Crippen molar-refractivity contribution in [2.24, 2.45) is 0 Å². The fourth-order valence-electron chi connectivity index (χ4n) is 4.04. The summed E-state index contributed by atoms with van der Waals surface area (Å²) in [6.45, 7) is 2.71. The van der Waals surface area contributed by atoms with Gasteiger partial charge in [-0.05, 0) is 67.4 Å². The van der Waals surface area contributed by atoms with Crippen molar-refractivity contribution in [1.29, 1.82) is 5.41 Å². The number of phenols is 3. The van der Waals surface area contributed by atoms with E-state index in [-0.39, 0.29) is 46.7 Å². The molecule has 0 spiro atoms. The molecular weight excluding hydrogens is 448 g/mol. The molecule has 1 heterocycles. The third kappa shape index (κ3) is 4.89. The van der Waals surface area contributed by atoms with E-state index in [9.17, 15) is 24.9 Å². The lowest BCUT2D eigenvalue weighted by Crippen LogP contribution is -2.29. The SMILES string of the molecule is Cc1cccc2c1n(CCCNC(=O)c1ccc(O)c(O)c1)c(=N)n2CC(=O)c1ccc(O)cc1. The van der Waals surface area contributed by atoms with Gasteiger partial charge in [-0.25, -0.2) is 0 Å². The number of imidazole rings is 1. The second-order valence-electron chi connectivity index (χ2n) is 8.29. The summed E-state index contributed by atoms with van der Waals surface area (Å²) in [5, 5.41) is 40.0. The van der Waals surface area contributed by atoms with Gasteiger partial charge in [0.1, 0.15) is 5.75 Å². The van der Waals surface area contributed by atoms with Gasteiger partial charge in [0.05, 0.1) is 17.6 Å². The molecule has 1 aromatic heterocycles. The number of ketones is 1. The molecule has 0 aliphatic rings. The van der Waals surface area contributed by atoms with E-state index in [0.29, 0.717) is 25.1 Å². The molecule has 5 N–H and O–H groups in total. The summed E-state index contributed by atoms with van der Waals surface area (Å²) < 4.78 is 3.49. The first-order valence-electron chi connectivity index (χ1n) is 11.1. The van der Waals surface area contributed by atoms with Gasteiger partial charge in [0.15, 0.2) is 17.3 Å². The number of amides is 1. The number of hydrogen-bond acceptors (Lipinski definition) is 6. The van der Waals surface area contributed by atoms with Crippen LogP contribution in [0.15, 0.2) is 60.7 Å². The molecule has 0 radical (unpaired) electrons. The van der Waals surface area contributed by atoms with Crippen molar-refractivity contribution >= 4 is 22.7 Å². The summed E-state index contributed by atoms with van der Waals surface area (Å²) in [4.78, 5) is 25.2. The number of benzene rings is 3. The molecule has 0 saturated heterocycles. The first kappa shape index (κ1) is 23.6. The third-order valence-electron chi connectivity index (χ3n) is 5.86.